The number of methoxy groups -OCH3 is 1. The smallest absolute Gasteiger partial charge is 0.230 e. The van der Waals surface area contributed by atoms with Crippen LogP contribution in [0.4, 0.5) is 0 Å². The largest absolute Gasteiger partial charge is 0.496 e. The van der Waals surface area contributed by atoms with Crippen LogP contribution in [0.2, 0.25) is 5.02 Å². The minimum atomic E-state index is 0.268. The molecule has 0 aliphatic heterocycles. The molecule has 3 aromatic rings. The summed E-state index contributed by atoms with van der Waals surface area (Å²) in [4.78, 5) is 4.56. The second-order valence-electron chi connectivity index (χ2n) is 5.66. The lowest BCUT2D eigenvalue weighted by Crippen LogP contribution is -1.89. The molecular weight excluding hydrogens is 312 g/mol. The topological polar surface area (TPSA) is 48.2 Å². The summed E-state index contributed by atoms with van der Waals surface area (Å²) in [7, 11) is 1.63. The van der Waals surface area contributed by atoms with E-state index < -0.39 is 0 Å². The van der Waals surface area contributed by atoms with Gasteiger partial charge in [0.15, 0.2) is 0 Å². The van der Waals surface area contributed by atoms with E-state index in [2.05, 4.69) is 16.2 Å². The molecule has 0 unspecified atom stereocenters. The first-order valence-electron chi connectivity index (χ1n) is 7.48. The first kappa shape index (κ1) is 14.3. The van der Waals surface area contributed by atoms with Crippen LogP contribution in [-0.4, -0.2) is 17.3 Å². The van der Waals surface area contributed by atoms with E-state index in [9.17, 15) is 0 Å². The fraction of sp³-hybridized carbons (Fsp3) is 0.222. The van der Waals surface area contributed by atoms with Gasteiger partial charge in [0.2, 0.25) is 11.7 Å². The predicted molar refractivity (Wildman–Crippen MR) is 87.8 cm³/mol. The van der Waals surface area contributed by atoms with Gasteiger partial charge < -0.3 is 9.26 Å². The molecule has 1 aliphatic rings. The van der Waals surface area contributed by atoms with Gasteiger partial charge in [-0.15, -0.1) is 0 Å². The molecule has 1 heterocycles. The molecular formula is C18H15ClN2O2. The molecule has 0 radical (unpaired) electrons. The van der Waals surface area contributed by atoms with Crippen LogP contribution in [-0.2, 0) is 0 Å². The highest BCUT2D eigenvalue weighted by Crippen LogP contribution is 2.54. The minimum Gasteiger partial charge on any atom is -0.496 e. The van der Waals surface area contributed by atoms with Crippen molar-refractivity contribution in [1.82, 2.24) is 10.1 Å². The average molecular weight is 327 g/mol. The van der Waals surface area contributed by atoms with Crippen molar-refractivity contribution in [2.45, 2.75) is 18.3 Å². The fourth-order valence-corrected chi connectivity index (χ4v) is 3.10. The molecule has 116 valence electrons. The van der Waals surface area contributed by atoms with Crippen molar-refractivity contribution in [3.05, 3.63) is 65.0 Å². The van der Waals surface area contributed by atoms with Crippen molar-refractivity contribution in [3.8, 4) is 17.1 Å². The van der Waals surface area contributed by atoms with Crippen molar-refractivity contribution >= 4 is 11.6 Å². The SMILES string of the molecule is COc1ccccc1-c1noc([C@H]2C[C@@H]2c2cccc(Cl)c2)n1. The van der Waals surface area contributed by atoms with E-state index in [1.54, 1.807) is 7.11 Å². The summed E-state index contributed by atoms with van der Waals surface area (Å²) in [6, 6.07) is 15.6. The van der Waals surface area contributed by atoms with Crippen LogP contribution in [0.3, 0.4) is 0 Å². The Bertz CT molecular complexity index is 846. The molecule has 0 spiro atoms. The number of benzene rings is 2. The highest BCUT2D eigenvalue weighted by Gasteiger charge is 2.43. The number of hydrogen-bond acceptors (Lipinski definition) is 4. The summed E-state index contributed by atoms with van der Waals surface area (Å²) < 4.78 is 10.8. The standard InChI is InChI=1S/C18H15ClN2O2/c1-22-16-8-3-2-7-13(16)17-20-18(23-21-17)15-10-14(15)11-5-4-6-12(19)9-11/h2-9,14-15H,10H2,1H3/t14-,15+/m1/s1. The van der Waals surface area contributed by atoms with Gasteiger partial charge >= 0.3 is 0 Å². The maximum atomic E-state index is 6.06. The molecule has 0 N–H and O–H groups in total. The van der Waals surface area contributed by atoms with Gasteiger partial charge in [-0.25, -0.2) is 0 Å². The van der Waals surface area contributed by atoms with Crippen LogP contribution < -0.4 is 4.74 Å². The summed E-state index contributed by atoms with van der Waals surface area (Å²) in [5.41, 5.74) is 2.06. The average Bonchev–Trinajstić information content (AvgIpc) is 3.24. The highest BCUT2D eigenvalue weighted by molar-refractivity contribution is 6.30. The molecule has 23 heavy (non-hydrogen) atoms. The van der Waals surface area contributed by atoms with Gasteiger partial charge in [-0.3, -0.25) is 0 Å². The molecule has 4 nitrogen and oxygen atoms in total. The Labute approximate surface area is 139 Å². The molecule has 0 bridgehead atoms. The van der Waals surface area contributed by atoms with E-state index in [0.717, 1.165) is 22.8 Å². The number of ether oxygens (including phenoxy) is 1. The Kier molecular flexibility index (Phi) is 3.54. The van der Waals surface area contributed by atoms with Gasteiger partial charge in [-0.05, 0) is 42.2 Å². The fourth-order valence-electron chi connectivity index (χ4n) is 2.90. The van der Waals surface area contributed by atoms with Crippen LogP contribution in [0.25, 0.3) is 11.4 Å². The van der Waals surface area contributed by atoms with Gasteiger partial charge in [0, 0.05) is 10.9 Å². The van der Waals surface area contributed by atoms with Crippen LogP contribution in [0.1, 0.15) is 29.7 Å². The van der Waals surface area contributed by atoms with E-state index in [1.165, 1.54) is 5.56 Å². The number of halogens is 1. The van der Waals surface area contributed by atoms with E-state index in [1.807, 2.05) is 42.5 Å². The molecule has 5 heteroatoms. The lowest BCUT2D eigenvalue weighted by molar-refractivity contribution is 0.378. The molecule has 0 saturated heterocycles. The van der Waals surface area contributed by atoms with Gasteiger partial charge in [0.25, 0.3) is 0 Å². The Morgan fingerprint density at radius 1 is 1.13 bits per heavy atom. The number of rotatable bonds is 4. The van der Waals surface area contributed by atoms with Gasteiger partial charge in [-0.2, -0.15) is 4.98 Å². The monoisotopic (exact) mass is 326 g/mol. The van der Waals surface area contributed by atoms with Crippen LogP contribution in [0.15, 0.2) is 53.1 Å². The zero-order chi connectivity index (χ0) is 15.8. The zero-order valence-corrected chi connectivity index (χ0v) is 13.3. The summed E-state index contributed by atoms with van der Waals surface area (Å²) in [6.07, 6.45) is 1.01. The predicted octanol–water partition coefficient (Wildman–Crippen LogP) is 4.67. The lowest BCUT2D eigenvalue weighted by atomic mass is 10.1. The lowest BCUT2D eigenvalue weighted by Gasteiger charge is -2.03. The van der Waals surface area contributed by atoms with Gasteiger partial charge in [0.05, 0.1) is 12.7 Å². The van der Waals surface area contributed by atoms with E-state index >= 15 is 0 Å². The molecule has 1 fully saturated rings. The third kappa shape index (κ3) is 2.70. The van der Waals surface area contributed by atoms with E-state index in [0.29, 0.717) is 17.6 Å². The normalized spacial score (nSPS) is 19.6. The molecule has 2 aromatic carbocycles. The second-order valence-corrected chi connectivity index (χ2v) is 6.10. The highest BCUT2D eigenvalue weighted by atomic mass is 35.5. The van der Waals surface area contributed by atoms with Gasteiger partial charge in [-0.1, -0.05) is 41.0 Å². The van der Waals surface area contributed by atoms with Crippen LogP contribution in [0, 0.1) is 0 Å². The van der Waals surface area contributed by atoms with Crippen molar-refractivity contribution in [2.24, 2.45) is 0 Å². The third-order valence-electron chi connectivity index (χ3n) is 4.17. The quantitative estimate of drug-likeness (QED) is 0.699. The minimum absolute atomic E-state index is 0.268. The third-order valence-corrected chi connectivity index (χ3v) is 4.41. The summed E-state index contributed by atoms with van der Waals surface area (Å²) >= 11 is 6.06. The summed E-state index contributed by atoms with van der Waals surface area (Å²) in [5.74, 6) is 2.65. The molecule has 1 aromatic heterocycles. The van der Waals surface area contributed by atoms with Crippen molar-refractivity contribution in [2.75, 3.05) is 7.11 Å². The molecule has 1 aliphatic carbocycles. The molecule has 2 atom stereocenters. The summed E-state index contributed by atoms with van der Waals surface area (Å²) in [5, 5.41) is 4.87. The number of hydrogen-bond donors (Lipinski definition) is 0. The Morgan fingerprint density at radius 2 is 2.00 bits per heavy atom. The molecule has 1 saturated carbocycles. The Morgan fingerprint density at radius 3 is 2.83 bits per heavy atom. The maximum absolute atomic E-state index is 6.06. The van der Waals surface area contributed by atoms with E-state index in [-0.39, 0.29) is 5.92 Å². The van der Waals surface area contributed by atoms with Crippen molar-refractivity contribution < 1.29 is 9.26 Å². The van der Waals surface area contributed by atoms with Crippen molar-refractivity contribution in [1.29, 1.82) is 0 Å². The number of nitrogens with zero attached hydrogens (tertiary/aromatic N) is 2. The Hall–Kier alpha value is -2.33. The molecule has 0 amide bonds. The second kappa shape index (κ2) is 5.70. The van der Waals surface area contributed by atoms with E-state index in [4.69, 9.17) is 20.9 Å². The maximum Gasteiger partial charge on any atom is 0.230 e. The first-order chi connectivity index (χ1) is 11.3. The summed E-state index contributed by atoms with van der Waals surface area (Å²) in [6.45, 7) is 0. The first-order valence-corrected chi connectivity index (χ1v) is 7.86. The molecule has 4 rings (SSSR count). The zero-order valence-electron chi connectivity index (χ0n) is 12.6. The van der Waals surface area contributed by atoms with Gasteiger partial charge in [0.1, 0.15) is 5.75 Å². The van der Waals surface area contributed by atoms with Crippen LogP contribution in [0.5, 0.6) is 5.75 Å². The van der Waals surface area contributed by atoms with Crippen molar-refractivity contribution in [3.63, 3.8) is 0 Å². The van der Waals surface area contributed by atoms with Crippen LogP contribution >= 0.6 is 11.6 Å². The number of para-hydroxylation sites is 1. The number of aromatic nitrogens is 2. The Balaban J connectivity index is 1.58.